The summed E-state index contributed by atoms with van der Waals surface area (Å²) < 4.78 is 0. The van der Waals surface area contributed by atoms with Gasteiger partial charge in [0.1, 0.15) is 0 Å². The average Bonchev–Trinajstić information content (AvgIpc) is 2.27. The molecule has 0 spiro atoms. The molecule has 1 aromatic carbocycles. The molecule has 0 saturated carbocycles. The number of hydrazine groups is 1. The highest BCUT2D eigenvalue weighted by molar-refractivity contribution is 6.03. The van der Waals surface area contributed by atoms with Gasteiger partial charge in [0.15, 0.2) is 0 Å². The molecule has 1 heterocycles. The first kappa shape index (κ1) is 14.6. The van der Waals surface area contributed by atoms with E-state index in [-0.39, 0.29) is 11.4 Å². The number of allylic oxidation sites excluding steroid dienone is 1. The van der Waals surface area contributed by atoms with Gasteiger partial charge in [-0.1, -0.05) is 6.08 Å². The summed E-state index contributed by atoms with van der Waals surface area (Å²) in [6, 6.07) is 4.05. The van der Waals surface area contributed by atoms with E-state index in [0.29, 0.717) is 5.56 Å². The van der Waals surface area contributed by atoms with E-state index < -0.39 is 0 Å². The van der Waals surface area contributed by atoms with Gasteiger partial charge in [0.25, 0.3) is 5.91 Å². The molecular formula is C16H23N3O. The Kier molecular flexibility index (Phi) is 3.61. The maximum atomic E-state index is 12.4. The predicted octanol–water partition coefficient (Wildman–Crippen LogP) is 2.81. The summed E-state index contributed by atoms with van der Waals surface area (Å²) in [5.41, 5.74) is 7.66. The Labute approximate surface area is 120 Å². The summed E-state index contributed by atoms with van der Waals surface area (Å²) in [6.45, 7) is 8.31. The molecule has 0 radical (unpaired) electrons. The number of rotatable bonds is 2. The van der Waals surface area contributed by atoms with Crippen LogP contribution in [-0.4, -0.2) is 30.6 Å². The zero-order valence-electron chi connectivity index (χ0n) is 13.1. The highest BCUT2D eigenvalue weighted by Gasteiger charge is 2.26. The number of hydrogen-bond donors (Lipinski definition) is 2. The average molecular weight is 273 g/mol. The zero-order valence-corrected chi connectivity index (χ0v) is 13.1. The van der Waals surface area contributed by atoms with Gasteiger partial charge in [-0.15, -0.1) is 0 Å². The van der Waals surface area contributed by atoms with Gasteiger partial charge in [0.05, 0.1) is 16.8 Å². The third kappa shape index (κ3) is 2.85. The molecule has 0 atom stereocenters. The van der Waals surface area contributed by atoms with Crippen molar-refractivity contribution in [3.8, 4) is 0 Å². The predicted molar refractivity (Wildman–Crippen MR) is 83.7 cm³/mol. The minimum atomic E-state index is -0.153. The number of amides is 1. The molecule has 4 heteroatoms. The summed E-state index contributed by atoms with van der Waals surface area (Å²) in [4.78, 5) is 12.4. The summed E-state index contributed by atoms with van der Waals surface area (Å²) in [6.07, 6.45) is 2.20. The fraction of sp³-hybridized carbons (Fsp3) is 0.438. The maximum absolute atomic E-state index is 12.4. The Hall–Kier alpha value is -1.81. The fourth-order valence-corrected chi connectivity index (χ4v) is 2.65. The number of anilines is 1. The summed E-state index contributed by atoms with van der Waals surface area (Å²) in [7, 11) is 3.62. The van der Waals surface area contributed by atoms with E-state index in [9.17, 15) is 4.79 Å². The third-order valence-corrected chi connectivity index (χ3v) is 3.30. The molecule has 0 fully saturated rings. The number of fused-ring (bicyclic) bond motifs is 1. The Morgan fingerprint density at radius 1 is 1.25 bits per heavy atom. The van der Waals surface area contributed by atoms with Crippen molar-refractivity contribution in [2.24, 2.45) is 0 Å². The van der Waals surface area contributed by atoms with Gasteiger partial charge in [0, 0.05) is 19.7 Å². The van der Waals surface area contributed by atoms with Crippen molar-refractivity contribution in [2.45, 2.75) is 33.2 Å². The van der Waals surface area contributed by atoms with Crippen LogP contribution in [0.3, 0.4) is 0 Å². The zero-order chi connectivity index (χ0) is 15.1. The van der Waals surface area contributed by atoms with Gasteiger partial charge in [-0.05, 0) is 51.0 Å². The molecule has 0 bridgehead atoms. The first-order valence-electron chi connectivity index (χ1n) is 6.80. The third-order valence-electron chi connectivity index (χ3n) is 3.30. The van der Waals surface area contributed by atoms with Gasteiger partial charge in [0.2, 0.25) is 0 Å². The minimum Gasteiger partial charge on any atom is -0.376 e. The molecule has 2 N–H and O–H groups in total. The SMILES string of the molecule is CC1=CC(C)(C)Nc2c(C(=O)NN(C)C)cc(C)cc21. The van der Waals surface area contributed by atoms with Crippen molar-refractivity contribution in [3.63, 3.8) is 0 Å². The standard InChI is InChI=1S/C16H23N3O/c1-10-7-12-11(2)9-16(3,4)17-14(12)13(8-10)15(20)18-19(5)6/h7-9,17H,1-6H3,(H,18,20). The van der Waals surface area contributed by atoms with E-state index in [2.05, 4.69) is 43.7 Å². The molecule has 0 unspecified atom stereocenters. The molecular weight excluding hydrogens is 250 g/mol. The summed E-state index contributed by atoms with van der Waals surface area (Å²) in [5, 5.41) is 5.12. The summed E-state index contributed by atoms with van der Waals surface area (Å²) >= 11 is 0. The van der Waals surface area contributed by atoms with Crippen LogP contribution in [0.5, 0.6) is 0 Å². The highest BCUT2D eigenvalue weighted by Crippen LogP contribution is 2.36. The lowest BCUT2D eigenvalue weighted by Crippen LogP contribution is -2.38. The lowest BCUT2D eigenvalue weighted by molar-refractivity contribution is 0.0857. The van der Waals surface area contributed by atoms with Gasteiger partial charge in [-0.3, -0.25) is 10.2 Å². The maximum Gasteiger partial charge on any atom is 0.267 e. The number of nitrogens with zero attached hydrogens (tertiary/aromatic N) is 1. The Morgan fingerprint density at radius 2 is 1.90 bits per heavy atom. The lowest BCUT2D eigenvalue weighted by Gasteiger charge is -2.33. The van der Waals surface area contributed by atoms with E-state index in [1.807, 2.05) is 27.1 Å². The van der Waals surface area contributed by atoms with Gasteiger partial charge >= 0.3 is 0 Å². The molecule has 0 aromatic heterocycles. The molecule has 0 saturated heterocycles. The van der Waals surface area contributed by atoms with Crippen LogP contribution in [0.25, 0.3) is 5.57 Å². The van der Waals surface area contributed by atoms with Crippen LogP contribution in [0.4, 0.5) is 5.69 Å². The Morgan fingerprint density at radius 3 is 2.50 bits per heavy atom. The van der Waals surface area contributed by atoms with Crippen LogP contribution in [0.15, 0.2) is 18.2 Å². The molecule has 1 aliphatic rings. The second kappa shape index (κ2) is 4.94. The van der Waals surface area contributed by atoms with E-state index in [1.165, 1.54) is 5.57 Å². The van der Waals surface area contributed by atoms with Gasteiger partial charge in [-0.2, -0.15) is 0 Å². The molecule has 1 amide bonds. The van der Waals surface area contributed by atoms with Crippen molar-refractivity contribution in [1.82, 2.24) is 10.4 Å². The quantitative estimate of drug-likeness (QED) is 0.814. The second-order valence-electron chi connectivity index (χ2n) is 6.24. The normalized spacial score (nSPS) is 16.2. The number of benzene rings is 1. The van der Waals surface area contributed by atoms with Crippen molar-refractivity contribution >= 4 is 17.2 Å². The van der Waals surface area contributed by atoms with Crippen molar-refractivity contribution < 1.29 is 4.79 Å². The van der Waals surface area contributed by atoms with Crippen LogP contribution < -0.4 is 10.7 Å². The molecule has 1 aromatic rings. The summed E-state index contributed by atoms with van der Waals surface area (Å²) in [5.74, 6) is -0.0899. The fourth-order valence-electron chi connectivity index (χ4n) is 2.65. The first-order chi connectivity index (χ1) is 9.19. The smallest absolute Gasteiger partial charge is 0.267 e. The van der Waals surface area contributed by atoms with E-state index in [0.717, 1.165) is 16.8 Å². The largest absolute Gasteiger partial charge is 0.376 e. The monoisotopic (exact) mass is 273 g/mol. The number of carbonyl (C=O) groups excluding carboxylic acids is 1. The van der Waals surface area contributed by atoms with E-state index in [1.54, 1.807) is 5.01 Å². The van der Waals surface area contributed by atoms with Crippen LogP contribution in [0, 0.1) is 6.92 Å². The molecule has 1 aliphatic heterocycles. The number of carbonyl (C=O) groups is 1. The van der Waals surface area contributed by atoms with Gasteiger partial charge < -0.3 is 5.32 Å². The second-order valence-corrected chi connectivity index (χ2v) is 6.24. The van der Waals surface area contributed by atoms with Crippen molar-refractivity contribution in [3.05, 3.63) is 34.9 Å². The van der Waals surface area contributed by atoms with Crippen LogP contribution in [0.2, 0.25) is 0 Å². The molecule has 0 aliphatic carbocycles. The Balaban J connectivity index is 2.56. The number of hydrogen-bond acceptors (Lipinski definition) is 3. The van der Waals surface area contributed by atoms with Crippen molar-refractivity contribution in [2.75, 3.05) is 19.4 Å². The van der Waals surface area contributed by atoms with Crippen LogP contribution >= 0.6 is 0 Å². The molecule has 2 rings (SSSR count). The topological polar surface area (TPSA) is 44.4 Å². The molecule has 108 valence electrons. The van der Waals surface area contributed by atoms with Crippen molar-refractivity contribution in [1.29, 1.82) is 0 Å². The molecule has 4 nitrogen and oxygen atoms in total. The van der Waals surface area contributed by atoms with Crippen LogP contribution in [0.1, 0.15) is 42.3 Å². The van der Waals surface area contributed by atoms with Gasteiger partial charge in [-0.25, -0.2) is 5.01 Å². The number of nitrogens with one attached hydrogen (secondary N) is 2. The molecule has 20 heavy (non-hydrogen) atoms. The Bertz CT molecular complexity index is 586. The van der Waals surface area contributed by atoms with Crippen LogP contribution in [-0.2, 0) is 0 Å². The lowest BCUT2D eigenvalue weighted by atomic mass is 9.88. The number of aryl methyl sites for hydroxylation is 1. The highest BCUT2D eigenvalue weighted by atomic mass is 16.2. The first-order valence-corrected chi connectivity index (χ1v) is 6.80. The van der Waals surface area contributed by atoms with E-state index in [4.69, 9.17) is 0 Å². The minimum absolute atomic E-state index is 0.0899. The van der Waals surface area contributed by atoms with E-state index >= 15 is 0 Å².